The molecule has 84 valence electrons. The zero-order chi connectivity index (χ0) is 11.4. The highest BCUT2D eigenvalue weighted by Crippen LogP contribution is 2.24. The van der Waals surface area contributed by atoms with Crippen LogP contribution in [0.3, 0.4) is 0 Å². The summed E-state index contributed by atoms with van der Waals surface area (Å²) < 4.78 is 7.04. The molecule has 4 heteroatoms. The molecule has 0 aliphatic carbocycles. The second-order valence-corrected chi connectivity index (χ2v) is 3.69. The lowest BCUT2D eigenvalue weighted by atomic mass is 10.1. The van der Waals surface area contributed by atoms with Crippen LogP contribution in [0.15, 0.2) is 5.57 Å². The third kappa shape index (κ3) is 2.53. The van der Waals surface area contributed by atoms with Crippen molar-refractivity contribution in [3.8, 4) is 5.88 Å². The normalized spacial score (nSPS) is 11.9. The summed E-state index contributed by atoms with van der Waals surface area (Å²) in [6.45, 7) is 4.06. The fraction of sp³-hybridized carbons (Fsp3) is 0.545. The number of rotatable bonds is 4. The molecule has 0 aromatic carbocycles. The van der Waals surface area contributed by atoms with Crippen molar-refractivity contribution in [3.63, 3.8) is 0 Å². The van der Waals surface area contributed by atoms with Crippen molar-refractivity contribution in [1.29, 1.82) is 0 Å². The molecule has 0 bridgehead atoms. The Kier molecular flexibility index (Phi) is 4.21. The lowest BCUT2D eigenvalue weighted by molar-refractivity contribution is 0.372. The number of halogens is 1. The Bertz CT molecular complexity index is 363. The van der Waals surface area contributed by atoms with E-state index >= 15 is 0 Å². The average molecular weight is 229 g/mol. The molecule has 0 atom stereocenters. The highest BCUT2D eigenvalue weighted by molar-refractivity contribution is 6.19. The maximum Gasteiger partial charge on any atom is 0.218 e. The van der Waals surface area contributed by atoms with E-state index in [1.807, 2.05) is 14.0 Å². The Morgan fingerprint density at radius 2 is 2.27 bits per heavy atom. The summed E-state index contributed by atoms with van der Waals surface area (Å²) in [5, 5.41) is 4.31. The Balaban J connectivity index is 3.18. The first-order valence-electron chi connectivity index (χ1n) is 4.97. The number of alkyl halides is 1. The first kappa shape index (κ1) is 12.1. The molecule has 0 amide bonds. The molecule has 0 radical (unpaired) electrons. The van der Waals surface area contributed by atoms with E-state index in [4.69, 9.17) is 16.3 Å². The highest BCUT2D eigenvalue weighted by atomic mass is 35.5. The van der Waals surface area contributed by atoms with Gasteiger partial charge in [0.05, 0.1) is 18.4 Å². The molecule has 1 aromatic rings. The number of aromatic nitrogens is 2. The van der Waals surface area contributed by atoms with Gasteiger partial charge in [0.2, 0.25) is 5.88 Å². The minimum atomic E-state index is 0.550. The molecule has 1 heterocycles. The molecule has 0 N–H and O–H groups in total. The van der Waals surface area contributed by atoms with E-state index in [9.17, 15) is 0 Å². The monoisotopic (exact) mass is 228 g/mol. The van der Waals surface area contributed by atoms with Gasteiger partial charge in [-0.2, -0.15) is 5.10 Å². The highest BCUT2D eigenvalue weighted by Gasteiger charge is 2.11. The fourth-order valence-electron chi connectivity index (χ4n) is 1.50. The molecule has 0 unspecified atom stereocenters. The molecule has 0 aliphatic heterocycles. The van der Waals surface area contributed by atoms with Crippen LogP contribution < -0.4 is 4.74 Å². The lowest BCUT2D eigenvalue weighted by Crippen LogP contribution is -1.95. The molecule has 1 aromatic heterocycles. The summed E-state index contributed by atoms with van der Waals surface area (Å²) in [6, 6.07) is 0. The SMILES string of the molecule is CCC(=Cc1c(C)nn(C)c1OC)CCl. The van der Waals surface area contributed by atoms with Gasteiger partial charge in [-0.15, -0.1) is 11.6 Å². The molecule has 0 spiro atoms. The predicted molar refractivity (Wildman–Crippen MR) is 63.5 cm³/mol. The minimum Gasteiger partial charge on any atom is -0.481 e. The van der Waals surface area contributed by atoms with Gasteiger partial charge in [0, 0.05) is 12.9 Å². The molecule has 0 saturated carbocycles. The van der Waals surface area contributed by atoms with Gasteiger partial charge >= 0.3 is 0 Å². The Morgan fingerprint density at radius 1 is 1.60 bits per heavy atom. The number of hydrogen-bond donors (Lipinski definition) is 0. The summed E-state index contributed by atoms with van der Waals surface area (Å²) in [6.07, 6.45) is 3.01. The van der Waals surface area contributed by atoms with Crippen LogP contribution in [0.4, 0.5) is 0 Å². The zero-order valence-electron chi connectivity index (χ0n) is 9.67. The van der Waals surface area contributed by atoms with E-state index in [0.717, 1.165) is 23.6 Å². The van der Waals surface area contributed by atoms with Crippen LogP contribution in [0.1, 0.15) is 24.6 Å². The topological polar surface area (TPSA) is 27.1 Å². The smallest absolute Gasteiger partial charge is 0.218 e. The van der Waals surface area contributed by atoms with E-state index in [-0.39, 0.29) is 0 Å². The number of ether oxygens (including phenoxy) is 1. The molecule has 0 fully saturated rings. The van der Waals surface area contributed by atoms with E-state index in [2.05, 4.69) is 18.1 Å². The quantitative estimate of drug-likeness (QED) is 0.741. The van der Waals surface area contributed by atoms with E-state index in [0.29, 0.717) is 5.88 Å². The fourth-order valence-corrected chi connectivity index (χ4v) is 1.77. The van der Waals surface area contributed by atoms with Crippen LogP contribution in [-0.4, -0.2) is 22.8 Å². The van der Waals surface area contributed by atoms with Crippen molar-refractivity contribution < 1.29 is 4.74 Å². The van der Waals surface area contributed by atoms with E-state index < -0.39 is 0 Å². The van der Waals surface area contributed by atoms with Gasteiger partial charge in [0.25, 0.3) is 0 Å². The van der Waals surface area contributed by atoms with Crippen LogP contribution in [0.5, 0.6) is 5.88 Å². The third-order valence-corrected chi connectivity index (χ3v) is 2.72. The molecular weight excluding hydrogens is 212 g/mol. The number of allylic oxidation sites excluding steroid dienone is 1. The summed E-state index contributed by atoms with van der Waals surface area (Å²) >= 11 is 5.84. The van der Waals surface area contributed by atoms with Gasteiger partial charge in [-0.1, -0.05) is 12.5 Å². The van der Waals surface area contributed by atoms with Gasteiger partial charge in [0.1, 0.15) is 0 Å². The Morgan fingerprint density at radius 3 is 2.73 bits per heavy atom. The van der Waals surface area contributed by atoms with Crippen LogP contribution >= 0.6 is 11.6 Å². The maximum absolute atomic E-state index is 5.84. The van der Waals surface area contributed by atoms with Gasteiger partial charge in [-0.25, -0.2) is 4.68 Å². The van der Waals surface area contributed by atoms with Crippen LogP contribution in [-0.2, 0) is 7.05 Å². The van der Waals surface area contributed by atoms with Crippen molar-refractivity contribution in [2.45, 2.75) is 20.3 Å². The number of hydrogen-bond acceptors (Lipinski definition) is 2. The van der Waals surface area contributed by atoms with Gasteiger partial charge < -0.3 is 4.74 Å². The summed E-state index contributed by atoms with van der Waals surface area (Å²) in [5.41, 5.74) is 3.17. The summed E-state index contributed by atoms with van der Waals surface area (Å²) in [5.74, 6) is 1.33. The first-order valence-corrected chi connectivity index (χ1v) is 5.50. The standard InChI is InChI=1S/C11H17ClN2O/c1-5-9(7-12)6-10-8(2)13-14(3)11(10)15-4/h6H,5,7H2,1-4H3. The van der Waals surface area contributed by atoms with E-state index in [1.54, 1.807) is 11.8 Å². The molecule has 1 rings (SSSR count). The van der Waals surface area contributed by atoms with Gasteiger partial charge in [-0.3, -0.25) is 0 Å². The van der Waals surface area contributed by atoms with Crippen molar-refractivity contribution >= 4 is 17.7 Å². The summed E-state index contributed by atoms with van der Waals surface area (Å²) in [7, 11) is 3.52. The van der Waals surface area contributed by atoms with Gasteiger partial charge in [0.15, 0.2) is 0 Å². The molecule has 0 saturated heterocycles. The van der Waals surface area contributed by atoms with Crippen molar-refractivity contribution in [1.82, 2.24) is 9.78 Å². The predicted octanol–water partition coefficient (Wildman–Crippen LogP) is 2.77. The van der Waals surface area contributed by atoms with Crippen LogP contribution in [0, 0.1) is 6.92 Å². The zero-order valence-corrected chi connectivity index (χ0v) is 10.4. The van der Waals surface area contributed by atoms with Crippen molar-refractivity contribution in [3.05, 3.63) is 16.8 Å². The molecule has 0 aliphatic rings. The molecule has 15 heavy (non-hydrogen) atoms. The van der Waals surface area contributed by atoms with Crippen LogP contribution in [0.25, 0.3) is 6.08 Å². The minimum absolute atomic E-state index is 0.550. The summed E-state index contributed by atoms with van der Waals surface area (Å²) in [4.78, 5) is 0. The number of nitrogens with zero attached hydrogens (tertiary/aromatic N) is 2. The first-order chi connectivity index (χ1) is 7.13. The Labute approximate surface area is 95.7 Å². The molecule has 3 nitrogen and oxygen atoms in total. The van der Waals surface area contributed by atoms with Crippen molar-refractivity contribution in [2.24, 2.45) is 7.05 Å². The second kappa shape index (κ2) is 5.21. The van der Waals surface area contributed by atoms with E-state index in [1.165, 1.54) is 5.57 Å². The number of methoxy groups -OCH3 is 1. The van der Waals surface area contributed by atoms with Crippen LogP contribution in [0.2, 0.25) is 0 Å². The second-order valence-electron chi connectivity index (χ2n) is 3.42. The average Bonchev–Trinajstić information content (AvgIpc) is 2.49. The molecular formula is C11H17ClN2O. The lowest BCUT2D eigenvalue weighted by Gasteiger charge is -2.03. The Hall–Kier alpha value is -0.960. The third-order valence-electron chi connectivity index (χ3n) is 2.38. The number of aryl methyl sites for hydroxylation is 2. The largest absolute Gasteiger partial charge is 0.481 e. The van der Waals surface area contributed by atoms with Gasteiger partial charge in [-0.05, 0) is 19.4 Å². The maximum atomic E-state index is 5.84. The van der Waals surface area contributed by atoms with Crippen molar-refractivity contribution in [2.75, 3.05) is 13.0 Å².